The highest BCUT2D eigenvalue weighted by Crippen LogP contribution is 2.27. The lowest BCUT2D eigenvalue weighted by molar-refractivity contribution is -0.131. The fraction of sp³-hybridized carbons (Fsp3) is 0.269. The molecule has 0 saturated heterocycles. The van der Waals surface area contributed by atoms with Crippen molar-refractivity contribution >= 4 is 11.6 Å². The third-order valence-electron chi connectivity index (χ3n) is 4.96. The molecule has 0 N–H and O–H groups in total. The molecule has 0 aromatic heterocycles. The Bertz CT molecular complexity index is 977. The summed E-state index contributed by atoms with van der Waals surface area (Å²) in [6, 6.07) is 22.1. The van der Waals surface area contributed by atoms with E-state index in [0.717, 1.165) is 23.2 Å². The summed E-state index contributed by atoms with van der Waals surface area (Å²) in [4.78, 5) is 15.1. The molecule has 0 aliphatic carbocycles. The van der Waals surface area contributed by atoms with Crippen LogP contribution in [0.3, 0.4) is 0 Å². The third-order valence-corrected chi connectivity index (χ3v) is 4.96. The maximum atomic E-state index is 13.3. The monoisotopic (exact) mass is 405 g/mol. The molecule has 3 aromatic carbocycles. The van der Waals surface area contributed by atoms with E-state index in [9.17, 15) is 9.18 Å². The second-order valence-corrected chi connectivity index (χ2v) is 7.94. The van der Waals surface area contributed by atoms with Gasteiger partial charge in [-0.25, -0.2) is 4.39 Å². The maximum Gasteiger partial charge on any atom is 0.270 e. The molecule has 3 aromatic rings. The van der Waals surface area contributed by atoms with Crippen LogP contribution in [0.1, 0.15) is 32.8 Å². The molecule has 0 saturated carbocycles. The quantitative estimate of drug-likeness (QED) is 0.455. The molecule has 30 heavy (non-hydrogen) atoms. The summed E-state index contributed by atoms with van der Waals surface area (Å²) in [5, 5.41) is 0. The van der Waals surface area contributed by atoms with Crippen molar-refractivity contribution in [3.8, 4) is 16.9 Å². The van der Waals surface area contributed by atoms with Crippen LogP contribution < -0.4 is 9.64 Å². The number of aryl methyl sites for hydroxylation is 1. The van der Waals surface area contributed by atoms with Crippen LogP contribution in [0.15, 0.2) is 72.8 Å². The van der Waals surface area contributed by atoms with Crippen molar-refractivity contribution in [2.24, 2.45) is 0 Å². The van der Waals surface area contributed by atoms with Crippen LogP contribution in [-0.2, 0) is 4.79 Å². The molecule has 4 heteroatoms. The molecule has 0 radical (unpaired) electrons. The molecule has 1 amide bonds. The smallest absolute Gasteiger partial charge is 0.270 e. The van der Waals surface area contributed by atoms with E-state index in [0.29, 0.717) is 12.3 Å². The van der Waals surface area contributed by atoms with Gasteiger partial charge in [-0.3, -0.25) is 4.79 Å². The number of carbonyl (C=O) groups is 1. The van der Waals surface area contributed by atoms with Crippen molar-refractivity contribution in [2.45, 2.75) is 39.7 Å². The van der Waals surface area contributed by atoms with Gasteiger partial charge >= 0.3 is 0 Å². The van der Waals surface area contributed by atoms with Gasteiger partial charge in [0.2, 0.25) is 0 Å². The summed E-state index contributed by atoms with van der Waals surface area (Å²) < 4.78 is 19.1. The molecule has 156 valence electrons. The zero-order chi connectivity index (χ0) is 21.7. The second kappa shape index (κ2) is 9.12. The highest BCUT2D eigenvalue weighted by atomic mass is 19.1. The van der Waals surface area contributed by atoms with Crippen LogP contribution in [0.5, 0.6) is 5.75 Å². The van der Waals surface area contributed by atoms with Crippen molar-refractivity contribution in [2.75, 3.05) is 11.4 Å². The lowest BCUT2D eigenvalue weighted by atomic mass is 10.0. The number of amides is 1. The molecule has 3 nitrogen and oxygen atoms in total. The van der Waals surface area contributed by atoms with Crippen LogP contribution in [0, 0.1) is 12.7 Å². The van der Waals surface area contributed by atoms with Gasteiger partial charge in [0, 0.05) is 12.2 Å². The molecule has 3 rings (SSSR count). The molecule has 0 unspecified atom stereocenters. The lowest BCUT2D eigenvalue weighted by Gasteiger charge is -2.32. The largest absolute Gasteiger partial charge is 0.478 e. The average Bonchev–Trinajstić information content (AvgIpc) is 2.74. The number of rotatable bonds is 7. The standard InChI is InChI=1S/C26H28FNO2/c1-5-18-28(25(29)26(3,4)30-24-16-12-22(27)13-17-24)23-14-10-21(11-15-23)20-8-6-19(2)7-9-20/h6-17H,5,18H2,1-4H3. The van der Waals surface area contributed by atoms with Gasteiger partial charge in [-0.1, -0.05) is 48.9 Å². The first-order chi connectivity index (χ1) is 14.3. The fourth-order valence-corrected chi connectivity index (χ4v) is 3.32. The van der Waals surface area contributed by atoms with E-state index in [-0.39, 0.29) is 11.7 Å². The predicted molar refractivity (Wildman–Crippen MR) is 120 cm³/mol. The minimum absolute atomic E-state index is 0.142. The minimum Gasteiger partial charge on any atom is -0.478 e. The second-order valence-electron chi connectivity index (χ2n) is 7.94. The van der Waals surface area contributed by atoms with E-state index in [2.05, 4.69) is 31.2 Å². The Labute approximate surface area is 178 Å². The Morgan fingerprint density at radius 2 is 1.43 bits per heavy atom. The number of carbonyl (C=O) groups excluding carboxylic acids is 1. The van der Waals surface area contributed by atoms with Crippen LogP contribution in [0.25, 0.3) is 11.1 Å². The van der Waals surface area contributed by atoms with Crippen molar-refractivity contribution in [1.29, 1.82) is 0 Å². The topological polar surface area (TPSA) is 29.5 Å². The van der Waals surface area contributed by atoms with Gasteiger partial charge < -0.3 is 9.64 Å². The molecule has 0 spiro atoms. The summed E-state index contributed by atoms with van der Waals surface area (Å²) in [5.41, 5.74) is 3.19. The highest BCUT2D eigenvalue weighted by Gasteiger charge is 2.34. The minimum atomic E-state index is -1.09. The third kappa shape index (κ3) is 5.07. The van der Waals surface area contributed by atoms with Crippen LogP contribution >= 0.6 is 0 Å². The van der Waals surface area contributed by atoms with Crippen molar-refractivity contribution < 1.29 is 13.9 Å². The molecule has 0 atom stereocenters. The molecule has 0 fully saturated rings. The van der Waals surface area contributed by atoms with Gasteiger partial charge in [0.05, 0.1) is 0 Å². The number of halogens is 1. The van der Waals surface area contributed by atoms with Crippen molar-refractivity contribution in [1.82, 2.24) is 0 Å². The zero-order valence-corrected chi connectivity index (χ0v) is 18.0. The van der Waals surface area contributed by atoms with Gasteiger partial charge in [0.15, 0.2) is 5.60 Å². The number of nitrogens with zero attached hydrogens (tertiary/aromatic N) is 1. The van der Waals surface area contributed by atoms with E-state index < -0.39 is 5.60 Å². The van der Waals surface area contributed by atoms with Gasteiger partial charge in [-0.15, -0.1) is 0 Å². The summed E-state index contributed by atoms with van der Waals surface area (Å²) in [5.74, 6) is -0.0227. The molecular weight excluding hydrogens is 377 g/mol. The van der Waals surface area contributed by atoms with E-state index in [1.807, 2.05) is 31.2 Å². The SMILES string of the molecule is CCCN(C(=O)C(C)(C)Oc1ccc(F)cc1)c1ccc(-c2ccc(C)cc2)cc1. The molecule has 0 bridgehead atoms. The predicted octanol–water partition coefficient (Wildman–Crippen LogP) is 6.40. The van der Waals surface area contributed by atoms with E-state index in [4.69, 9.17) is 4.74 Å². The first-order valence-corrected chi connectivity index (χ1v) is 10.2. The number of hydrogen-bond donors (Lipinski definition) is 0. The zero-order valence-electron chi connectivity index (χ0n) is 18.0. The molecule has 0 heterocycles. The average molecular weight is 406 g/mol. The van der Waals surface area contributed by atoms with Gasteiger partial charge in [0.25, 0.3) is 5.91 Å². The number of ether oxygens (including phenoxy) is 1. The highest BCUT2D eigenvalue weighted by molar-refractivity contribution is 5.99. The Kier molecular flexibility index (Phi) is 6.56. The van der Waals surface area contributed by atoms with Crippen LogP contribution in [0.2, 0.25) is 0 Å². The van der Waals surface area contributed by atoms with E-state index >= 15 is 0 Å². The lowest BCUT2D eigenvalue weighted by Crippen LogP contribution is -2.49. The Hall–Kier alpha value is -3.14. The summed E-state index contributed by atoms with van der Waals surface area (Å²) in [7, 11) is 0. The molecule has 0 aliphatic rings. The van der Waals surface area contributed by atoms with E-state index in [1.165, 1.54) is 29.8 Å². The van der Waals surface area contributed by atoms with Crippen molar-refractivity contribution in [3.63, 3.8) is 0 Å². The first-order valence-electron chi connectivity index (χ1n) is 10.2. The van der Waals surface area contributed by atoms with Crippen LogP contribution in [0.4, 0.5) is 10.1 Å². The maximum absolute atomic E-state index is 13.3. The first kappa shape index (κ1) is 21.6. The number of hydrogen-bond acceptors (Lipinski definition) is 2. The summed E-state index contributed by atoms with van der Waals surface area (Å²) in [6.45, 7) is 8.16. The van der Waals surface area contributed by atoms with Gasteiger partial charge in [-0.2, -0.15) is 0 Å². The summed E-state index contributed by atoms with van der Waals surface area (Å²) in [6.07, 6.45) is 0.818. The molecule has 0 aliphatic heterocycles. The molecular formula is C26H28FNO2. The Morgan fingerprint density at radius 1 is 0.900 bits per heavy atom. The van der Waals surface area contributed by atoms with Crippen LogP contribution in [-0.4, -0.2) is 18.1 Å². The van der Waals surface area contributed by atoms with Gasteiger partial charge in [0.1, 0.15) is 11.6 Å². The summed E-state index contributed by atoms with van der Waals surface area (Å²) >= 11 is 0. The normalized spacial score (nSPS) is 11.2. The number of anilines is 1. The van der Waals surface area contributed by atoms with E-state index in [1.54, 1.807) is 18.7 Å². The fourth-order valence-electron chi connectivity index (χ4n) is 3.32. The Morgan fingerprint density at radius 3 is 1.97 bits per heavy atom. The van der Waals surface area contributed by atoms with Crippen molar-refractivity contribution in [3.05, 3.63) is 84.2 Å². The number of benzene rings is 3. The Balaban J connectivity index is 1.82. The van der Waals surface area contributed by atoms with Gasteiger partial charge in [-0.05, 0) is 74.7 Å².